The minimum absolute atomic E-state index is 0.183. The Balaban J connectivity index is 1.89. The summed E-state index contributed by atoms with van der Waals surface area (Å²) in [4.78, 5) is 16.3. The second-order valence-corrected chi connectivity index (χ2v) is 6.41. The van der Waals surface area contributed by atoms with Crippen LogP contribution in [0.3, 0.4) is 0 Å². The fraction of sp³-hybridized carbons (Fsp3) is 0.923. The van der Waals surface area contributed by atoms with Gasteiger partial charge in [0.1, 0.15) is 5.60 Å². The van der Waals surface area contributed by atoms with Gasteiger partial charge in [-0.3, -0.25) is 4.90 Å². The first-order valence-electron chi connectivity index (χ1n) is 6.83. The number of ether oxygens (including phenoxy) is 1. The standard InChI is InChI=1S/C13H25N3O2/c1-13(2,3)18-12(17)16-7-6-15-8-10(14)4-5-11(15)9-16/h10-11H,4-9,14H2,1-3H3. The zero-order chi connectivity index (χ0) is 13.3. The molecule has 0 aromatic carbocycles. The fourth-order valence-corrected chi connectivity index (χ4v) is 2.70. The van der Waals surface area contributed by atoms with Gasteiger partial charge in [0, 0.05) is 38.3 Å². The maximum absolute atomic E-state index is 12.0. The Bertz CT molecular complexity index is 314. The number of amides is 1. The molecule has 0 saturated carbocycles. The van der Waals surface area contributed by atoms with Gasteiger partial charge in [-0.05, 0) is 33.6 Å². The number of hydrogen-bond donors (Lipinski definition) is 1. The van der Waals surface area contributed by atoms with Crippen LogP contribution >= 0.6 is 0 Å². The Hall–Kier alpha value is -0.810. The predicted molar refractivity (Wildman–Crippen MR) is 70.4 cm³/mol. The van der Waals surface area contributed by atoms with Gasteiger partial charge in [-0.15, -0.1) is 0 Å². The molecule has 0 aliphatic carbocycles. The molecular formula is C13H25N3O2. The lowest BCUT2D eigenvalue weighted by atomic mass is 9.97. The minimum atomic E-state index is -0.414. The van der Waals surface area contributed by atoms with Crippen molar-refractivity contribution in [1.82, 2.24) is 9.80 Å². The first kappa shape index (κ1) is 13.6. The summed E-state index contributed by atoms with van der Waals surface area (Å²) >= 11 is 0. The van der Waals surface area contributed by atoms with Crippen LogP contribution in [0.1, 0.15) is 33.6 Å². The number of nitrogens with zero attached hydrogens (tertiary/aromatic N) is 2. The fourth-order valence-electron chi connectivity index (χ4n) is 2.70. The van der Waals surface area contributed by atoms with Gasteiger partial charge in [-0.1, -0.05) is 0 Å². The van der Waals surface area contributed by atoms with Crippen LogP contribution in [0.2, 0.25) is 0 Å². The molecule has 0 spiro atoms. The van der Waals surface area contributed by atoms with E-state index in [1.807, 2.05) is 25.7 Å². The maximum Gasteiger partial charge on any atom is 0.410 e. The van der Waals surface area contributed by atoms with Crippen LogP contribution in [0.15, 0.2) is 0 Å². The van der Waals surface area contributed by atoms with E-state index < -0.39 is 5.60 Å². The van der Waals surface area contributed by atoms with Gasteiger partial charge in [0.25, 0.3) is 0 Å². The van der Waals surface area contributed by atoms with Crippen LogP contribution in [-0.2, 0) is 4.74 Å². The van der Waals surface area contributed by atoms with Gasteiger partial charge in [0.15, 0.2) is 0 Å². The summed E-state index contributed by atoms with van der Waals surface area (Å²) in [5.41, 5.74) is 5.56. The molecule has 5 heteroatoms. The summed E-state index contributed by atoms with van der Waals surface area (Å²) in [6.07, 6.45) is 1.96. The van der Waals surface area contributed by atoms with Crippen molar-refractivity contribution in [3.8, 4) is 0 Å². The number of hydrogen-bond acceptors (Lipinski definition) is 4. The quantitative estimate of drug-likeness (QED) is 0.702. The average molecular weight is 255 g/mol. The molecule has 2 aliphatic rings. The van der Waals surface area contributed by atoms with Crippen LogP contribution < -0.4 is 5.73 Å². The summed E-state index contributed by atoms with van der Waals surface area (Å²) in [6.45, 7) is 9.12. The Labute approximate surface area is 109 Å². The molecule has 2 heterocycles. The molecule has 1 amide bonds. The summed E-state index contributed by atoms with van der Waals surface area (Å²) < 4.78 is 5.42. The van der Waals surface area contributed by atoms with E-state index in [1.165, 1.54) is 0 Å². The summed E-state index contributed by atoms with van der Waals surface area (Å²) in [6, 6.07) is 0.764. The van der Waals surface area contributed by atoms with Crippen LogP contribution in [-0.4, -0.2) is 59.8 Å². The SMILES string of the molecule is CC(C)(C)OC(=O)N1CCN2CC(N)CCC2C1. The van der Waals surface area contributed by atoms with E-state index in [0.29, 0.717) is 12.1 Å². The Morgan fingerprint density at radius 2 is 1.94 bits per heavy atom. The number of nitrogens with two attached hydrogens (primary N) is 1. The van der Waals surface area contributed by atoms with E-state index in [4.69, 9.17) is 10.5 Å². The van der Waals surface area contributed by atoms with E-state index in [0.717, 1.165) is 39.0 Å². The van der Waals surface area contributed by atoms with Crippen molar-refractivity contribution < 1.29 is 9.53 Å². The number of carbonyl (C=O) groups excluding carboxylic acids is 1. The van der Waals surface area contributed by atoms with E-state index in [-0.39, 0.29) is 6.09 Å². The molecule has 0 radical (unpaired) electrons. The Kier molecular flexibility index (Phi) is 3.82. The molecule has 104 valence electrons. The number of carbonyl (C=O) groups is 1. The molecule has 5 nitrogen and oxygen atoms in total. The minimum Gasteiger partial charge on any atom is -0.444 e. The Morgan fingerprint density at radius 1 is 1.22 bits per heavy atom. The second kappa shape index (κ2) is 5.05. The summed E-state index contributed by atoms with van der Waals surface area (Å²) in [7, 11) is 0. The molecule has 2 aliphatic heterocycles. The molecular weight excluding hydrogens is 230 g/mol. The van der Waals surface area contributed by atoms with Gasteiger partial charge in [-0.25, -0.2) is 4.79 Å². The average Bonchev–Trinajstić information content (AvgIpc) is 2.26. The van der Waals surface area contributed by atoms with Gasteiger partial charge in [0.2, 0.25) is 0 Å². The molecule has 0 aromatic heterocycles. The van der Waals surface area contributed by atoms with Crippen molar-refractivity contribution in [2.75, 3.05) is 26.2 Å². The maximum atomic E-state index is 12.0. The van der Waals surface area contributed by atoms with Crippen molar-refractivity contribution in [1.29, 1.82) is 0 Å². The highest BCUT2D eigenvalue weighted by Crippen LogP contribution is 2.22. The monoisotopic (exact) mass is 255 g/mol. The highest BCUT2D eigenvalue weighted by Gasteiger charge is 2.34. The van der Waals surface area contributed by atoms with E-state index >= 15 is 0 Å². The van der Waals surface area contributed by atoms with E-state index in [2.05, 4.69) is 4.90 Å². The topological polar surface area (TPSA) is 58.8 Å². The lowest BCUT2D eigenvalue weighted by molar-refractivity contribution is -0.00407. The van der Waals surface area contributed by atoms with Gasteiger partial charge in [-0.2, -0.15) is 0 Å². The van der Waals surface area contributed by atoms with E-state index in [9.17, 15) is 4.79 Å². The molecule has 2 saturated heterocycles. The number of fused-ring (bicyclic) bond motifs is 1. The first-order chi connectivity index (χ1) is 8.35. The smallest absolute Gasteiger partial charge is 0.410 e. The van der Waals surface area contributed by atoms with Gasteiger partial charge < -0.3 is 15.4 Å². The molecule has 18 heavy (non-hydrogen) atoms. The first-order valence-corrected chi connectivity index (χ1v) is 6.83. The zero-order valence-corrected chi connectivity index (χ0v) is 11.7. The van der Waals surface area contributed by atoms with Crippen LogP contribution in [0.4, 0.5) is 4.79 Å². The molecule has 2 rings (SSSR count). The zero-order valence-electron chi connectivity index (χ0n) is 11.7. The third-order valence-electron chi connectivity index (χ3n) is 3.60. The second-order valence-electron chi connectivity index (χ2n) is 6.41. The number of piperazine rings is 1. The Morgan fingerprint density at radius 3 is 2.61 bits per heavy atom. The van der Waals surface area contributed by atoms with Crippen molar-refractivity contribution >= 4 is 6.09 Å². The molecule has 2 fully saturated rings. The third kappa shape index (κ3) is 3.36. The predicted octanol–water partition coefficient (Wildman–Crippen LogP) is 1.03. The van der Waals surface area contributed by atoms with Crippen molar-refractivity contribution in [3.05, 3.63) is 0 Å². The molecule has 2 N–H and O–H groups in total. The molecule has 2 unspecified atom stereocenters. The third-order valence-corrected chi connectivity index (χ3v) is 3.60. The van der Waals surface area contributed by atoms with Crippen molar-refractivity contribution in [2.24, 2.45) is 5.73 Å². The van der Waals surface area contributed by atoms with Crippen LogP contribution in [0.25, 0.3) is 0 Å². The van der Waals surface area contributed by atoms with Gasteiger partial charge >= 0.3 is 6.09 Å². The highest BCUT2D eigenvalue weighted by atomic mass is 16.6. The largest absolute Gasteiger partial charge is 0.444 e. The molecule has 0 bridgehead atoms. The normalized spacial score (nSPS) is 29.9. The molecule has 2 atom stereocenters. The van der Waals surface area contributed by atoms with Gasteiger partial charge in [0.05, 0.1) is 0 Å². The molecule has 0 aromatic rings. The summed E-state index contributed by atoms with van der Waals surface area (Å²) in [5.74, 6) is 0. The number of rotatable bonds is 0. The number of piperidine rings is 1. The van der Waals surface area contributed by atoms with Crippen molar-refractivity contribution in [3.63, 3.8) is 0 Å². The summed E-state index contributed by atoms with van der Waals surface area (Å²) in [5, 5.41) is 0. The lowest BCUT2D eigenvalue weighted by Gasteiger charge is -2.45. The van der Waals surface area contributed by atoms with Crippen LogP contribution in [0.5, 0.6) is 0 Å². The highest BCUT2D eigenvalue weighted by molar-refractivity contribution is 5.68. The van der Waals surface area contributed by atoms with Crippen LogP contribution in [0, 0.1) is 0 Å². The van der Waals surface area contributed by atoms with Crippen molar-refractivity contribution in [2.45, 2.75) is 51.3 Å². The van der Waals surface area contributed by atoms with E-state index in [1.54, 1.807) is 0 Å². The lowest BCUT2D eigenvalue weighted by Crippen LogP contribution is -2.60.